The van der Waals surface area contributed by atoms with Gasteiger partial charge in [-0.15, -0.1) is 0 Å². The van der Waals surface area contributed by atoms with Crippen LogP contribution in [0.15, 0.2) is 28.8 Å². The van der Waals surface area contributed by atoms with Crippen molar-refractivity contribution in [2.45, 2.75) is 31.6 Å². The zero-order chi connectivity index (χ0) is 20.7. The van der Waals surface area contributed by atoms with Crippen molar-refractivity contribution in [3.63, 3.8) is 0 Å². The Morgan fingerprint density at radius 3 is 2.87 bits per heavy atom. The Labute approximate surface area is 178 Å². The molecule has 3 fully saturated rings. The molecular formula is C21H23FN4O3S. The maximum absolute atomic E-state index is 13.1. The normalized spacial score (nSPS) is 27.5. The van der Waals surface area contributed by atoms with Crippen LogP contribution in [0.5, 0.6) is 0 Å². The topological polar surface area (TPSA) is 79.5 Å². The first-order valence-corrected chi connectivity index (χ1v) is 11.4. The molecule has 1 aromatic heterocycles. The first-order valence-electron chi connectivity index (χ1n) is 10.3. The van der Waals surface area contributed by atoms with Crippen LogP contribution in [-0.4, -0.2) is 63.0 Å². The summed E-state index contributed by atoms with van der Waals surface area (Å²) in [6.45, 7) is 1.82. The molecule has 9 heteroatoms. The number of carbonyl (C=O) groups is 2. The van der Waals surface area contributed by atoms with Crippen molar-refractivity contribution in [2.75, 3.05) is 31.3 Å². The molecule has 0 aliphatic carbocycles. The summed E-state index contributed by atoms with van der Waals surface area (Å²) in [5.41, 5.74) is 0.236. The lowest BCUT2D eigenvalue weighted by Crippen LogP contribution is -2.46. The summed E-state index contributed by atoms with van der Waals surface area (Å²) in [7, 11) is 0. The number of hydrogen-bond donors (Lipinski definition) is 0. The summed E-state index contributed by atoms with van der Waals surface area (Å²) in [5.74, 6) is 2.36. The van der Waals surface area contributed by atoms with Crippen LogP contribution in [0.3, 0.4) is 0 Å². The van der Waals surface area contributed by atoms with Gasteiger partial charge in [-0.1, -0.05) is 5.16 Å². The number of hydrogen-bond acceptors (Lipinski definition) is 7. The van der Waals surface area contributed by atoms with Gasteiger partial charge in [-0.05, 0) is 55.8 Å². The van der Waals surface area contributed by atoms with Crippen LogP contribution in [0, 0.1) is 11.2 Å². The monoisotopic (exact) mass is 430 g/mol. The molecule has 3 aliphatic heterocycles. The number of likely N-dealkylation sites (tertiary alicyclic amines) is 2. The van der Waals surface area contributed by atoms with Gasteiger partial charge in [-0.25, -0.2) is 4.39 Å². The number of rotatable bonds is 4. The largest absolute Gasteiger partial charge is 0.339 e. The van der Waals surface area contributed by atoms with Crippen molar-refractivity contribution in [1.82, 2.24) is 19.9 Å². The number of amides is 2. The first kappa shape index (κ1) is 19.7. The second kappa shape index (κ2) is 7.77. The minimum atomic E-state index is -0.465. The standard InChI is InChI=1S/C21H23FN4O3S/c22-16-5-3-14(4-6-16)18-23-19(29-24-18)15-2-1-8-25(11-15)13-26-17(27)10-21(20(26)28)7-9-30-12-21/h3-6,15H,1-2,7-13H2. The zero-order valence-electron chi connectivity index (χ0n) is 16.6. The van der Waals surface area contributed by atoms with E-state index in [-0.39, 0.29) is 23.5 Å². The Balaban J connectivity index is 1.26. The Morgan fingerprint density at radius 1 is 1.27 bits per heavy atom. The van der Waals surface area contributed by atoms with E-state index in [4.69, 9.17) is 4.52 Å². The van der Waals surface area contributed by atoms with Gasteiger partial charge in [-0.3, -0.25) is 19.4 Å². The van der Waals surface area contributed by atoms with Crippen molar-refractivity contribution in [3.8, 4) is 11.4 Å². The number of aromatic nitrogens is 2. The summed E-state index contributed by atoms with van der Waals surface area (Å²) < 4.78 is 18.6. The smallest absolute Gasteiger partial charge is 0.237 e. The Hall–Kier alpha value is -2.26. The number of carbonyl (C=O) groups excluding carboxylic acids is 2. The SMILES string of the molecule is O=C1CC2(CCSC2)C(=O)N1CN1CCCC(c2nc(-c3ccc(F)cc3)no2)C1. The van der Waals surface area contributed by atoms with Crippen LogP contribution in [0.25, 0.3) is 11.4 Å². The van der Waals surface area contributed by atoms with Crippen molar-refractivity contribution in [2.24, 2.45) is 5.41 Å². The molecular weight excluding hydrogens is 407 g/mol. The van der Waals surface area contributed by atoms with E-state index in [2.05, 4.69) is 15.0 Å². The van der Waals surface area contributed by atoms with Crippen LogP contribution >= 0.6 is 11.8 Å². The van der Waals surface area contributed by atoms with Crippen molar-refractivity contribution < 1.29 is 18.5 Å². The molecule has 2 atom stereocenters. The summed E-state index contributed by atoms with van der Waals surface area (Å²) in [6.07, 6.45) is 2.98. The van der Waals surface area contributed by atoms with Crippen molar-refractivity contribution in [3.05, 3.63) is 36.0 Å². The summed E-state index contributed by atoms with van der Waals surface area (Å²) in [5, 5.41) is 4.04. The fraction of sp³-hybridized carbons (Fsp3) is 0.524. The molecule has 5 rings (SSSR count). The molecule has 0 N–H and O–H groups in total. The molecule has 1 spiro atoms. The van der Waals surface area contributed by atoms with Crippen LogP contribution < -0.4 is 0 Å². The summed E-state index contributed by atoms with van der Waals surface area (Å²) in [6, 6.07) is 5.98. The highest BCUT2D eigenvalue weighted by atomic mass is 32.2. The van der Waals surface area contributed by atoms with Crippen molar-refractivity contribution in [1.29, 1.82) is 0 Å². The van der Waals surface area contributed by atoms with E-state index in [1.807, 2.05) is 0 Å². The number of nitrogens with zero attached hydrogens (tertiary/aromatic N) is 4. The van der Waals surface area contributed by atoms with Crippen LogP contribution in [0.1, 0.15) is 37.5 Å². The zero-order valence-corrected chi connectivity index (χ0v) is 17.4. The number of thioether (sulfide) groups is 1. The van der Waals surface area contributed by atoms with Gasteiger partial charge in [0.05, 0.1) is 18.0 Å². The van der Waals surface area contributed by atoms with Gasteiger partial charge in [0.25, 0.3) is 0 Å². The van der Waals surface area contributed by atoms with Crippen LogP contribution in [0.2, 0.25) is 0 Å². The number of benzene rings is 1. The van der Waals surface area contributed by atoms with Gasteiger partial charge < -0.3 is 4.52 Å². The highest BCUT2D eigenvalue weighted by molar-refractivity contribution is 7.99. The van der Waals surface area contributed by atoms with E-state index in [9.17, 15) is 14.0 Å². The van der Waals surface area contributed by atoms with Gasteiger partial charge in [-0.2, -0.15) is 16.7 Å². The van der Waals surface area contributed by atoms with E-state index >= 15 is 0 Å². The third-order valence-corrected chi connectivity index (χ3v) is 7.58. The first-order chi connectivity index (χ1) is 14.5. The molecule has 158 valence electrons. The third kappa shape index (κ3) is 3.54. The van der Waals surface area contributed by atoms with Crippen LogP contribution in [0.4, 0.5) is 4.39 Å². The molecule has 0 radical (unpaired) electrons. The molecule has 30 heavy (non-hydrogen) atoms. The minimum Gasteiger partial charge on any atom is -0.339 e. The fourth-order valence-electron chi connectivity index (χ4n) is 4.62. The number of halogens is 1. The average Bonchev–Trinajstić information content (AvgIpc) is 3.47. The second-order valence-corrected chi connectivity index (χ2v) is 9.51. The van der Waals surface area contributed by atoms with Gasteiger partial charge >= 0.3 is 0 Å². The second-order valence-electron chi connectivity index (χ2n) is 8.41. The Morgan fingerprint density at radius 2 is 2.10 bits per heavy atom. The lowest BCUT2D eigenvalue weighted by atomic mass is 9.86. The molecule has 2 unspecified atom stereocenters. The van der Waals surface area contributed by atoms with Gasteiger partial charge in [0.1, 0.15) is 5.82 Å². The van der Waals surface area contributed by atoms with E-state index < -0.39 is 5.41 Å². The summed E-state index contributed by atoms with van der Waals surface area (Å²) >= 11 is 1.76. The lowest BCUT2D eigenvalue weighted by Gasteiger charge is -2.33. The van der Waals surface area contributed by atoms with Crippen LogP contribution in [-0.2, 0) is 9.59 Å². The molecule has 1 aromatic carbocycles. The molecule has 0 bridgehead atoms. The van der Waals surface area contributed by atoms with Gasteiger partial charge in [0.2, 0.25) is 23.5 Å². The molecule has 4 heterocycles. The van der Waals surface area contributed by atoms with E-state index in [0.29, 0.717) is 36.9 Å². The van der Waals surface area contributed by atoms with E-state index in [0.717, 1.165) is 37.3 Å². The lowest BCUT2D eigenvalue weighted by molar-refractivity contribution is -0.143. The maximum Gasteiger partial charge on any atom is 0.237 e. The maximum atomic E-state index is 13.1. The Kier molecular flexibility index (Phi) is 5.10. The quantitative estimate of drug-likeness (QED) is 0.690. The highest BCUT2D eigenvalue weighted by Gasteiger charge is 2.53. The third-order valence-electron chi connectivity index (χ3n) is 6.33. The molecule has 7 nitrogen and oxygen atoms in total. The minimum absolute atomic E-state index is 0.00369. The molecule has 2 aromatic rings. The fourth-order valence-corrected chi connectivity index (χ4v) is 6.06. The van der Waals surface area contributed by atoms with E-state index in [1.165, 1.54) is 17.0 Å². The average molecular weight is 431 g/mol. The highest BCUT2D eigenvalue weighted by Crippen LogP contribution is 2.45. The van der Waals surface area contributed by atoms with Gasteiger partial charge in [0, 0.05) is 24.3 Å². The molecule has 0 saturated carbocycles. The van der Waals surface area contributed by atoms with Gasteiger partial charge in [0.15, 0.2) is 0 Å². The van der Waals surface area contributed by atoms with Crippen molar-refractivity contribution >= 4 is 23.6 Å². The predicted molar refractivity (Wildman–Crippen MR) is 109 cm³/mol. The Bertz CT molecular complexity index is 957. The molecule has 3 saturated heterocycles. The van der Waals surface area contributed by atoms with E-state index in [1.54, 1.807) is 23.9 Å². The predicted octanol–water partition coefficient (Wildman–Crippen LogP) is 2.89. The summed E-state index contributed by atoms with van der Waals surface area (Å²) in [4.78, 5) is 33.6. The molecule has 2 amide bonds. The number of piperidine rings is 1. The number of imide groups is 1. The molecule has 3 aliphatic rings.